The van der Waals surface area contributed by atoms with Gasteiger partial charge in [0.15, 0.2) is 0 Å². The number of thioether (sulfide) groups is 1. The lowest BCUT2D eigenvalue weighted by Gasteiger charge is -2.26. The van der Waals surface area contributed by atoms with Gasteiger partial charge in [-0.1, -0.05) is 17.7 Å². The van der Waals surface area contributed by atoms with Crippen LogP contribution in [0.1, 0.15) is 23.6 Å². The van der Waals surface area contributed by atoms with E-state index in [1.807, 2.05) is 18.2 Å². The Morgan fingerprint density at radius 1 is 1.26 bits per heavy atom. The molecule has 0 saturated heterocycles. The first-order valence-electron chi connectivity index (χ1n) is 6.94. The average Bonchev–Trinajstić information content (AvgIpc) is 2.55. The van der Waals surface area contributed by atoms with E-state index < -0.39 is 10.0 Å². The van der Waals surface area contributed by atoms with Crippen LogP contribution in [0.3, 0.4) is 0 Å². The van der Waals surface area contributed by atoms with Crippen LogP contribution < -0.4 is 4.72 Å². The van der Waals surface area contributed by atoms with Crippen molar-refractivity contribution < 1.29 is 8.42 Å². The van der Waals surface area contributed by atoms with Crippen LogP contribution >= 0.6 is 23.4 Å². The molecule has 118 valence electrons. The fourth-order valence-corrected chi connectivity index (χ4v) is 5.06. The third-order valence-corrected chi connectivity index (χ3v) is 6.41. The number of halogens is 1. The maximum absolute atomic E-state index is 12.6. The number of hydrogen-bond donors (Lipinski definition) is 1. The van der Waals surface area contributed by atoms with E-state index in [4.69, 9.17) is 16.9 Å². The Hall–Kier alpha value is -1.52. The van der Waals surface area contributed by atoms with Gasteiger partial charge >= 0.3 is 0 Å². The second-order valence-electron chi connectivity index (χ2n) is 5.13. The molecule has 2 aromatic rings. The van der Waals surface area contributed by atoms with E-state index >= 15 is 0 Å². The number of hydrogen-bond acceptors (Lipinski definition) is 4. The molecule has 0 aromatic heterocycles. The summed E-state index contributed by atoms with van der Waals surface area (Å²) in [5.41, 5.74) is 1.21. The average molecular weight is 365 g/mol. The summed E-state index contributed by atoms with van der Waals surface area (Å²) in [6.07, 6.45) is 0.690. The molecule has 0 spiro atoms. The van der Waals surface area contributed by atoms with Crippen LogP contribution in [-0.2, 0) is 10.0 Å². The zero-order chi connectivity index (χ0) is 16.4. The number of rotatable bonds is 3. The van der Waals surface area contributed by atoms with Crippen molar-refractivity contribution in [2.75, 3.05) is 5.75 Å². The van der Waals surface area contributed by atoms with Crippen LogP contribution in [-0.4, -0.2) is 14.2 Å². The molecule has 1 unspecified atom stereocenters. The topological polar surface area (TPSA) is 70.0 Å². The van der Waals surface area contributed by atoms with Crippen molar-refractivity contribution in [2.45, 2.75) is 22.3 Å². The molecule has 3 rings (SSSR count). The van der Waals surface area contributed by atoms with Crippen molar-refractivity contribution in [3.63, 3.8) is 0 Å². The Labute approximate surface area is 144 Å². The van der Waals surface area contributed by atoms with Crippen molar-refractivity contribution in [2.24, 2.45) is 0 Å². The lowest BCUT2D eigenvalue weighted by atomic mass is 10.1. The molecule has 1 aliphatic heterocycles. The highest BCUT2D eigenvalue weighted by Gasteiger charge is 2.26. The Morgan fingerprint density at radius 2 is 2.09 bits per heavy atom. The van der Waals surface area contributed by atoms with Gasteiger partial charge in [-0.15, -0.1) is 11.8 Å². The summed E-state index contributed by atoms with van der Waals surface area (Å²) >= 11 is 7.74. The predicted molar refractivity (Wildman–Crippen MR) is 91.0 cm³/mol. The van der Waals surface area contributed by atoms with Gasteiger partial charge in [0.1, 0.15) is 0 Å². The number of fused-ring (bicyclic) bond motifs is 1. The lowest BCUT2D eigenvalue weighted by molar-refractivity contribution is 0.546. The van der Waals surface area contributed by atoms with Crippen LogP contribution in [0.25, 0.3) is 0 Å². The van der Waals surface area contributed by atoms with Crippen molar-refractivity contribution in [1.29, 1.82) is 5.26 Å². The molecule has 0 bridgehead atoms. The summed E-state index contributed by atoms with van der Waals surface area (Å²) < 4.78 is 27.9. The molecular formula is C16H13ClN2O2S2. The summed E-state index contributed by atoms with van der Waals surface area (Å²) in [4.78, 5) is 1.14. The highest BCUT2D eigenvalue weighted by molar-refractivity contribution is 7.99. The zero-order valence-electron chi connectivity index (χ0n) is 12.0. The first-order chi connectivity index (χ1) is 11.0. The second kappa shape index (κ2) is 6.54. The van der Waals surface area contributed by atoms with E-state index in [0.717, 1.165) is 16.2 Å². The van der Waals surface area contributed by atoms with E-state index in [1.165, 1.54) is 12.1 Å². The third-order valence-electron chi connectivity index (χ3n) is 3.58. The first-order valence-corrected chi connectivity index (χ1v) is 9.79. The Bertz CT molecular complexity index is 891. The van der Waals surface area contributed by atoms with E-state index in [-0.39, 0.29) is 10.9 Å². The van der Waals surface area contributed by atoms with Gasteiger partial charge in [0.25, 0.3) is 0 Å². The summed E-state index contributed by atoms with van der Waals surface area (Å²) in [6.45, 7) is 0. The molecule has 4 nitrogen and oxygen atoms in total. The number of nitrogens with zero attached hydrogens (tertiary/aromatic N) is 1. The predicted octanol–water partition coefficient (Wildman–Crippen LogP) is 3.73. The zero-order valence-corrected chi connectivity index (χ0v) is 14.4. The highest BCUT2D eigenvalue weighted by Crippen LogP contribution is 2.38. The van der Waals surface area contributed by atoms with Gasteiger partial charge in [-0.05, 0) is 54.1 Å². The minimum absolute atomic E-state index is 0.0957. The van der Waals surface area contributed by atoms with E-state index in [0.29, 0.717) is 17.0 Å². The van der Waals surface area contributed by atoms with Gasteiger partial charge in [0.2, 0.25) is 10.0 Å². The maximum atomic E-state index is 12.6. The first kappa shape index (κ1) is 16.3. The Balaban J connectivity index is 1.93. The molecule has 7 heteroatoms. The van der Waals surface area contributed by atoms with Gasteiger partial charge in [-0.2, -0.15) is 5.26 Å². The SMILES string of the molecule is N#Cc1cccc(S(=O)(=O)NC2CCSc3ccc(Cl)cc32)c1. The van der Waals surface area contributed by atoms with Crippen molar-refractivity contribution in [3.05, 3.63) is 58.6 Å². The van der Waals surface area contributed by atoms with Crippen LogP contribution in [0.4, 0.5) is 0 Å². The molecule has 1 atom stereocenters. The molecule has 1 N–H and O–H groups in total. The molecule has 1 aliphatic rings. The fraction of sp³-hybridized carbons (Fsp3) is 0.188. The standard InChI is InChI=1S/C16H13ClN2O2S2/c17-12-4-5-16-14(9-12)15(6-7-22-16)19-23(20,21)13-3-1-2-11(8-13)10-18/h1-5,8-9,15,19H,6-7H2. The smallest absolute Gasteiger partial charge is 0.207 e. The van der Waals surface area contributed by atoms with Gasteiger partial charge in [-0.3, -0.25) is 0 Å². The number of benzene rings is 2. The summed E-state index contributed by atoms with van der Waals surface area (Å²) in [7, 11) is -3.70. The highest BCUT2D eigenvalue weighted by atomic mass is 35.5. The van der Waals surface area contributed by atoms with Gasteiger partial charge in [0.05, 0.1) is 16.5 Å². The van der Waals surface area contributed by atoms with Crippen LogP contribution in [0.5, 0.6) is 0 Å². The summed E-state index contributed by atoms with van der Waals surface area (Å²) in [5.74, 6) is 0.833. The number of nitriles is 1. The molecule has 23 heavy (non-hydrogen) atoms. The quantitative estimate of drug-likeness (QED) is 0.900. The Morgan fingerprint density at radius 3 is 2.87 bits per heavy atom. The fourth-order valence-electron chi connectivity index (χ4n) is 2.48. The molecule has 1 heterocycles. The van der Waals surface area contributed by atoms with Gasteiger partial charge in [-0.25, -0.2) is 13.1 Å². The lowest BCUT2D eigenvalue weighted by Crippen LogP contribution is -2.30. The summed E-state index contributed by atoms with van der Waals surface area (Å²) in [5, 5.41) is 9.51. The van der Waals surface area contributed by atoms with Crippen LogP contribution in [0.15, 0.2) is 52.3 Å². The number of nitrogens with one attached hydrogen (secondary N) is 1. The third kappa shape index (κ3) is 3.54. The molecule has 0 fully saturated rings. The van der Waals surface area contributed by atoms with Crippen molar-refractivity contribution >= 4 is 33.4 Å². The molecule has 0 amide bonds. The van der Waals surface area contributed by atoms with Crippen LogP contribution in [0.2, 0.25) is 5.02 Å². The molecule has 0 radical (unpaired) electrons. The summed E-state index contributed by atoms with van der Waals surface area (Å²) in [6, 6.07) is 13.2. The largest absolute Gasteiger partial charge is 0.241 e. The molecule has 0 saturated carbocycles. The van der Waals surface area contributed by atoms with Crippen LogP contribution in [0, 0.1) is 11.3 Å². The number of sulfonamides is 1. The monoisotopic (exact) mass is 364 g/mol. The second-order valence-corrected chi connectivity index (χ2v) is 8.42. The van der Waals surface area contributed by atoms with E-state index in [1.54, 1.807) is 30.0 Å². The Kier molecular flexibility index (Phi) is 4.64. The maximum Gasteiger partial charge on any atom is 0.241 e. The minimum Gasteiger partial charge on any atom is -0.207 e. The van der Waals surface area contributed by atoms with Gasteiger partial charge < -0.3 is 0 Å². The minimum atomic E-state index is -3.70. The molecule has 0 aliphatic carbocycles. The molecule has 2 aromatic carbocycles. The van der Waals surface area contributed by atoms with E-state index in [9.17, 15) is 8.42 Å². The van der Waals surface area contributed by atoms with Crippen molar-refractivity contribution in [3.8, 4) is 6.07 Å². The normalized spacial score (nSPS) is 17.3. The molecular weight excluding hydrogens is 352 g/mol. The van der Waals surface area contributed by atoms with Crippen molar-refractivity contribution in [1.82, 2.24) is 4.72 Å². The van der Waals surface area contributed by atoms with Gasteiger partial charge in [0, 0.05) is 16.0 Å². The van der Waals surface area contributed by atoms with E-state index in [2.05, 4.69) is 4.72 Å².